The average molecular weight is 279 g/mol. The molecule has 1 N–H and O–H groups in total. The van der Waals surface area contributed by atoms with E-state index in [9.17, 15) is 0 Å². The smallest absolute Gasteiger partial charge is 0.122 e. The molecule has 0 saturated carbocycles. The Balaban J connectivity index is 2.28. The SMILES string of the molecule is CCNC(c1cc(OC)cc(OC)c1)C1COC(C)C1. The normalized spacial score (nSPS) is 23.6. The summed E-state index contributed by atoms with van der Waals surface area (Å²) in [5, 5.41) is 3.57. The topological polar surface area (TPSA) is 39.7 Å². The molecule has 0 radical (unpaired) electrons. The molecule has 1 aliphatic rings. The lowest BCUT2D eigenvalue weighted by molar-refractivity contribution is 0.117. The molecule has 2 rings (SSSR count). The van der Waals surface area contributed by atoms with E-state index < -0.39 is 0 Å². The highest BCUT2D eigenvalue weighted by Gasteiger charge is 2.30. The van der Waals surface area contributed by atoms with Crippen molar-refractivity contribution in [1.29, 1.82) is 0 Å². The van der Waals surface area contributed by atoms with Gasteiger partial charge >= 0.3 is 0 Å². The lowest BCUT2D eigenvalue weighted by Crippen LogP contribution is -2.28. The summed E-state index contributed by atoms with van der Waals surface area (Å²) in [5.74, 6) is 2.14. The lowest BCUT2D eigenvalue weighted by Gasteiger charge is -2.24. The zero-order valence-corrected chi connectivity index (χ0v) is 12.8. The molecule has 20 heavy (non-hydrogen) atoms. The van der Waals surface area contributed by atoms with E-state index in [-0.39, 0.29) is 6.04 Å². The number of benzene rings is 1. The second kappa shape index (κ2) is 6.95. The van der Waals surface area contributed by atoms with Crippen LogP contribution in [0.5, 0.6) is 11.5 Å². The van der Waals surface area contributed by atoms with E-state index in [4.69, 9.17) is 14.2 Å². The van der Waals surface area contributed by atoms with Crippen LogP contribution >= 0.6 is 0 Å². The first-order valence-corrected chi connectivity index (χ1v) is 7.25. The van der Waals surface area contributed by atoms with Crippen molar-refractivity contribution in [2.45, 2.75) is 32.4 Å². The van der Waals surface area contributed by atoms with Gasteiger partial charge in [0.2, 0.25) is 0 Å². The molecule has 1 saturated heterocycles. The molecule has 0 aromatic heterocycles. The molecule has 0 spiro atoms. The molecule has 1 aromatic rings. The monoisotopic (exact) mass is 279 g/mol. The zero-order chi connectivity index (χ0) is 14.5. The van der Waals surface area contributed by atoms with Crippen LogP contribution in [0.25, 0.3) is 0 Å². The van der Waals surface area contributed by atoms with Crippen molar-refractivity contribution in [2.75, 3.05) is 27.4 Å². The third kappa shape index (κ3) is 3.44. The average Bonchev–Trinajstić information content (AvgIpc) is 2.90. The maximum absolute atomic E-state index is 5.72. The minimum atomic E-state index is 0.272. The Morgan fingerprint density at radius 3 is 2.35 bits per heavy atom. The van der Waals surface area contributed by atoms with E-state index in [1.165, 1.54) is 5.56 Å². The molecule has 0 amide bonds. The van der Waals surface area contributed by atoms with Crippen molar-refractivity contribution in [2.24, 2.45) is 5.92 Å². The molecule has 1 aliphatic heterocycles. The predicted molar refractivity (Wildman–Crippen MR) is 79.5 cm³/mol. The van der Waals surface area contributed by atoms with Crippen LogP contribution in [0.1, 0.15) is 31.9 Å². The van der Waals surface area contributed by atoms with E-state index in [0.29, 0.717) is 12.0 Å². The van der Waals surface area contributed by atoms with Crippen LogP contribution in [0.15, 0.2) is 18.2 Å². The van der Waals surface area contributed by atoms with Gasteiger partial charge in [-0.05, 0) is 37.6 Å². The van der Waals surface area contributed by atoms with Gasteiger partial charge in [-0.3, -0.25) is 0 Å². The van der Waals surface area contributed by atoms with Crippen LogP contribution in [0.2, 0.25) is 0 Å². The van der Waals surface area contributed by atoms with Gasteiger partial charge in [0.15, 0.2) is 0 Å². The fraction of sp³-hybridized carbons (Fsp3) is 0.625. The highest BCUT2D eigenvalue weighted by molar-refractivity contribution is 5.40. The molecule has 0 bridgehead atoms. The van der Waals surface area contributed by atoms with Crippen molar-refractivity contribution in [3.63, 3.8) is 0 Å². The van der Waals surface area contributed by atoms with E-state index in [1.54, 1.807) is 14.2 Å². The zero-order valence-electron chi connectivity index (χ0n) is 12.8. The second-order valence-electron chi connectivity index (χ2n) is 5.32. The number of ether oxygens (including phenoxy) is 3. The Kier molecular flexibility index (Phi) is 5.26. The molecule has 4 nitrogen and oxygen atoms in total. The molecule has 0 aliphatic carbocycles. The van der Waals surface area contributed by atoms with Gasteiger partial charge < -0.3 is 19.5 Å². The van der Waals surface area contributed by atoms with Gasteiger partial charge in [0.25, 0.3) is 0 Å². The largest absolute Gasteiger partial charge is 0.497 e. The molecule has 3 atom stereocenters. The molecule has 1 fully saturated rings. The Morgan fingerprint density at radius 1 is 1.25 bits per heavy atom. The third-order valence-electron chi connectivity index (χ3n) is 3.86. The van der Waals surface area contributed by atoms with Gasteiger partial charge in [-0.25, -0.2) is 0 Å². The number of hydrogen-bond donors (Lipinski definition) is 1. The summed E-state index contributed by atoms with van der Waals surface area (Å²) in [4.78, 5) is 0. The molecule has 1 heterocycles. The fourth-order valence-electron chi connectivity index (χ4n) is 2.87. The molecular weight excluding hydrogens is 254 g/mol. The van der Waals surface area contributed by atoms with Crippen molar-refractivity contribution >= 4 is 0 Å². The first-order chi connectivity index (χ1) is 9.67. The fourth-order valence-corrected chi connectivity index (χ4v) is 2.87. The van der Waals surface area contributed by atoms with Gasteiger partial charge in [-0.2, -0.15) is 0 Å². The van der Waals surface area contributed by atoms with Crippen molar-refractivity contribution in [1.82, 2.24) is 5.32 Å². The van der Waals surface area contributed by atoms with Gasteiger partial charge in [0.1, 0.15) is 11.5 Å². The summed E-state index contributed by atoms with van der Waals surface area (Å²) < 4.78 is 16.5. The maximum Gasteiger partial charge on any atom is 0.122 e. The summed E-state index contributed by atoms with van der Waals surface area (Å²) in [5.41, 5.74) is 1.20. The summed E-state index contributed by atoms with van der Waals surface area (Å²) in [6.07, 6.45) is 1.42. The van der Waals surface area contributed by atoms with Gasteiger partial charge in [-0.15, -0.1) is 0 Å². The van der Waals surface area contributed by atoms with Crippen LogP contribution in [0.3, 0.4) is 0 Å². The first-order valence-electron chi connectivity index (χ1n) is 7.25. The molecule has 1 aromatic carbocycles. The highest BCUT2D eigenvalue weighted by atomic mass is 16.5. The van der Waals surface area contributed by atoms with Gasteiger partial charge in [-0.1, -0.05) is 6.92 Å². The van der Waals surface area contributed by atoms with Crippen molar-refractivity contribution in [3.05, 3.63) is 23.8 Å². The first kappa shape index (κ1) is 15.1. The van der Waals surface area contributed by atoms with E-state index in [1.807, 2.05) is 6.07 Å². The summed E-state index contributed by atoms with van der Waals surface area (Å²) in [7, 11) is 3.36. The Bertz CT molecular complexity index is 413. The Morgan fingerprint density at radius 2 is 1.90 bits per heavy atom. The molecular formula is C16H25NO3. The second-order valence-corrected chi connectivity index (χ2v) is 5.32. The van der Waals surface area contributed by atoms with Crippen LogP contribution in [0, 0.1) is 5.92 Å². The predicted octanol–water partition coefficient (Wildman–Crippen LogP) is 2.78. The van der Waals surface area contributed by atoms with E-state index in [2.05, 4.69) is 31.3 Å². The minimum absolute atomic E-state index is 0.272. The molecule has 112 valence electrons. The summed E-state index contributed by atoms with van der Waals surface area (Å²) in [6.45, 7) is 5.99. The van der Waals surface area contributed by atoms with E-state index in [0.717, 1.165) is 31.1 Å². The number of rotatable bonds is 6. The third-order valence-corrected chi connectivity index (χ3v) is 3.86. The van der Waals surface area contributed by atoms with Gasteiger partial charge in [0, 0.05) is 18.0 Å². The Hall–Kier alpha value is -1.26. The Labute approximate surface area is 121 Å². The van der Waals surface area contributed by atoms with E-state index >= 15 is 0 Å². The lowest BCUT2D eigenvalue weighted by atomic mass is 9.90. The summed E-state index contributed by atoms with van der Waals surface area (Å²) in [6, 6.07) is 6.34. The van der Waals surface area contributed by atoms with Crippen LogP contribution in [-0.2, 0) is 4.74 Å². The number of hydrogen-bond acceptors (Lipinski definition) is 4. The quantitative estimate of drug-likeness (QED) is 0.869. The number of methoxy groups -OCH3 is 2. The number of nitrogens with one attached hydrogen (secondary N) is 1. The molecule has 3 unspecified atom stereocenters. The van der Waals surface area contributed by atoms with Crippen molar-refractivity contribution in [3.8, 4) is 11.5 Å². The van der Waals surface area contributed by atoms with Gasteiger partial charge in [0.05, 0.1) is 26.9 Å². The van der Waals surface area contributed by atoms with Crippen LogP contribution in [0.4, 0.5) is 0 Å². The highest BCUT2D eigenvalue weighted by Crippen LogP contribution is 2.35. The standard InChI is InChI=1S/C16H25NO3/c1-5-17-16(13-6-11(2)20-10-13)12-7-14(18-3)9-15(8-12)19-4/h7-9,11,13,16-17H,5-6,10H2,1-4H3. The van der Waals surface area contributed by atoms with Crippen molar-refractivity contribution < 1.29 is 14.2 Å². The molecule has 4 heteroatoms. The van der Waals surface area contributed by atoms with Crippen LogP contribution < -0.4 is 14.8 Å². The minimum Gasteiger partial charge on any atom is -0.497 e. The summed E-state index contributed by atoms with van der Waals surface area (Å²) >= 11 is 0. The maximum atomic E-state index is 5.72. The van der Waals surface area contributed by atoms with Crippen LogP contribution in [-0.4, -0.2) is 33.5 Å².